The summed E-state index contributed by atoms with van der Waals surface area (Å²) in [6.45, 7) is 0. The first-order valence-electron chi connectivity index (χ1n) is 2.76. The van der Waals surface area contributed by atoms with Gasteiger partial charge in [0.25, 0.3) is 0 Å². The van der Waals surface area contributed by atoms with E-state index in [-0.39, 0.29) is 18.2 Å². The Morgan fingerprint density at radius 2 is 2.25 bits per heavy atom. The number of halogens is 3. The number of pyridine rings is 1. The van der Waals surface area contributed by atoms with Crippen LogP contribution < -0.4 is 5.73 Å². The third kappa shape index (κ3) is 2.56. The minimum Gasteiger partial charge on any atom is -0.382 e. The molecule has 1 heterocycles. The zero-order valence-electron chi connectivity index (χ0n) is 5.84. The van der Waals surface area contributed by atoms with Gasteiger partial charge in [0.05, 0.1) is 6.20 Å². The molecule has 0 saturated heterocycles. The Hall–Kier alpha value is -0.430. The van der Waals surface area contributed by atoms with E-state index in [9.17, 15) is 4.39 Å². The van der Waals surface area contributed by atoms with Gasteiger partial charge in [-0.25, -0.2) is 9.37 Å². The molecule has 0 aliphatic heterocycles. The van der Waals surface area contributed by atoms with Gasteiger partial charge in [-0.05, 0) is 28.7 Å². The second-order valence-electron chi connectivity index (χ2n) is 1.90. The molecular formula is C6H6ClFIN3. The third-order valence-corrected chi connectivity index (χ3v) is 1.89. The highest BCUT2D eigenvalue weighted by atomic mass is 127. The summed E-state index contributed by atoms with van der Waals surface area (Å²) in [5.41, 5.74) is 5.48. The number of amidine groups is 1. The number of nitrogens with one attached hydrogen (secondary N) is 1. The van der Waals surface area contributed by atoms with Gasteiger partial charge >= 0.3 is 0 Å². The summed E-state index contributed by atoms with van der Waals surface area (Å²) < 4.78 is 13.0. The maximum Gasteiger partial charge on any atom is 0.142 e. The van der Waals surface area contributed by atoms with E-state index < -0.39 is 5.82 Å². The summed E-state index contributed by atoms with van der Waals surface area (Å²) in [5.74, 6) is -0.561. The normalized spacial score (nSPS) is 8.83. The summed E-state index contributed by atoms with van der Waals surface area (Å²) in [5, 5.41) is 7.03. The van der Waals surface area contributed by atoms with E-state index in [1.165, 1.54) is 6.07 Å². The molecule has 0 spiro atoms. The molecule has 0 saturated carbocycles. The standard InChI is InChI=1S/C6H5FIN3.ClH/c7-3-1-4(8)5(6(9)10)11-2-3;/h1-2H,(H3,9,10);1H. The van der Waals surface area contributed by atoms with Crippen molar-refractivity contribution in [2.24, 2.45) is 5.73 Å². The topological polar surface area (TPSA) is 62.8 Å². The molecule has 0 aliphatic rings. The second kappa shape index (κ2) is 4.56. The fourth-order valence-corrected chi connectivity index (χ4v) is 1.34. The van der Waals surface area contributed by atoms with Gasteiger partial charge in [-0.1, -0.05) is 0 Å². The Labute approximate surface area is 88.6 Å². The Morgan fingerprint density at radius 1 is 1.67 bits per heavy atom. The van der Waals surface area contributed by atoms with Crippen molar-refractivity contribution in [2.75, 3.05) is 0 Å². The fourth-order valence-electron chi connectivity index (χ4n) is 0.613. The first-order valence-corrected chi connectivity index (χ1v) is 3.84. The van der Waals surface area contributed by atoms with E-state index in [2.05, 4.69) is 4.98 Å². The Kier molecular flexibility index (Phi) is 4.40. The predicted octanol–water partition coefficient (Wildman–Crippen LogP) is 1.53. The molecule has 1 aromatic heterocycles. The van der Waals surface area contributed by atoms with E-state index >= 15 is 0 Å². The highest BCUT2D eigenvalue weighted by molar-refractivity contribution is 14.1. The van der Waals surface area contributed by atoms with Crippen molar-refractivity contribution < 1.29 is 4.39 Å². The van der Waals surface area contributed by atoms with Crippen molar-refractivity contribution in [1.82, 2.24) is 4.98 Å². The molecule has 1 rings (SSSR count). The van der Waals surface area contributed by atoms with Crippen LogP contribution in [-0.4, -0.2) is 10.8 Å². The van der Waals surface area contributed by atoms with Gasteiger partial charge in [0.15, 0.2) is 0 Å². The number of nitrogens with two attached hydrogens (primary N) is 1. The van der Waals surface area contributed by atoms with Crippen molar-refractivity contribution in [3.05, 3.63) is 27.3 Å². The van der Waals surface area contributed by atoms with Crippen molar-refractivity contribution in [2.45, 2.75) is 0 Å². The van der Waals surface area contributed by atoms with Gasteiger partial charge in [0.2, 0.25) is 0 Å². The van der Waals surface area contributed by atoms with Crippen LogP contribution in [0, 0.1) is 14.8 Å². The molecular weight excluding hydrogens is 295 g/mol. The lowest BCUT2D eigenvalue weighted by molar-refractivity contribution is 0.620. The van der Waals surface area contributed by atoms with E-state index in [0.29, 0.717) is 9.26 Å². The van der Waals surface area contributed by atoms with Gasteiger partial charge in [0.1, 0.15) is 17.3 Å². The maximum atomic E-state index is 12.4. The van der Waals surface area contributed by atoms with E-state index in [4.69, 9.17) is 11.1 Å². The summed E-state index contributed by atoms with van der Waals surface area (Å²) in [4.78, 5) is 3.65. The van der Waals surface area contributed by atoms with E-state index in [0.717, 1.165) is 6.20 Å². The van der Waals surface area contributed by atoms with Gasteiger partial charge in [-0.2, -0.15) is 0 Å². The minimum absolute atomic E-state index is 0. The van der Waals surface area contributed by atoms with Crippen molar-refractivity contribution in [1.29, 1.82) is 5.41 Å². The molecule has 6 heteroatoms. The van der Waals surface area contributed by atoms with Crippen LogP contribution in [0.5, 0.6) is 0 Å². The number of nitrogen functional groups attached to an aromatic ring is 1. The van der Waals surface area contributed by atoms with Crippen LogP contribution in [0.1, 0.15) is 5.69 Å². The minimum atomic E-state index is -0.417. The zero-order chi connectivity index (χ0) is 8.43. The van der Waals surface area contributed by atoms with Crippen LogP contribution in [0.3, 0.4) is 0 Å². The molecule has 12 heavy (non-hydrogen) atoms. The van der Waals surface area contributed by atoms with Crippen LogP contribution >= 0.6 is 35.0 Å². The number of aromatic nitrogens is 1. The van der Waals surface area contributed by atoms with Gasteiger partial charge < -0.3 is 5.73 Å². The van der Waals surface area contributed by atoms with Gasteiger partial charge in [0, 0.05) is 3.57 Å². The quantitative estimate of drug-likeness (QED) is 0.469. The van der Waals surface area contributed by atoms with Crippen LogP contribution in [0.15, 0.2) is 12.3 Å². The summed E-state index contributed by atoms with van der Waals surface area (Å²) in [7, 11) is 0. The molecule has 0 fully saturated rings. The average molecular weight is 301 g/mol. The molecule has 66 valence electrons. The smallest absolute Gasteiger partial charge is 0.142 e. The number of nitrogens with zero attached hydrogens (tertiary/aromatic N) is 1. The molecule has 1 aromatic rings. The average Bonchev–Trinajstić information content (AvgIpc) is 1.85. The van der Waals surface area contributed by atoms with E-state index in [1.807, 2.05) is 22.6 Å². The molecule has 3 nitrogen and oxygen atoms in total. The molecule has 0 radical (unpaired) electrons. The molecule has 0 aliphatic carbocycles. The zero-order valence-corrected chi connectivity index (χ0v) is 8.82. The number of rotatable bonds is 1. The first-order chi connectivity index (χ1) is 5.11. The van der Waals surface area contributed by atoms with Crippen LogP contribution in [0.4, 0.5) is 4.39 Å². The van der Waals surface area contributed by atoms with E-state index in [1.54, 1.807) is 0 Å². The predicted molar refractivity (Wildman–Crippen MR) is 55.2 cm³/mol. The van der Waals surface area contributed by atoms with Crippen molar-refractivity contribution in [3.63, 3.8) is 0 Å². The molecule has 3 N–H and O–H groups in total. The second-order valence-corrected chi connectivity index (χ2v) is 3.06. The molecule has 0 unspecified atom stereocenters. The van der Waals surface area contributed by atoms with Crippen molar-refractivity contribution >= 4 is 40.8 Å². The molecule has 0 aromatic carbocycles. The largest absolute Gasteiger partial charge is 0.382 e. The maximum absolute atomic E-state index is 12.4. The lowest BCUT2D eigenvalue weighted by Gasteiger charge is -1.98. The lowest BCUT2D eigenvalue weighted by atomic mass is 10.3. The summed E-state index contributed by atoms with van der Waals surface area (Å²) in [6, 6.07) is 1.28. The first kappa shape index (κ1) is 11.6. The summed E-state index contributed by atoms with van der Waals surface area (Å²) >= 11 is 1.88. The monoisotopic (exact) mass is 301 g/mol. The van der Waals surface area contributed by atoms with Gasteiger partial charge in [-0.3, -0.25) is 5.41 Å². The number of hydrogen-bond acceptors (Lipinski definition) is 2. The highest BCUT2D eigenvalue weighted by Crippen LogP contribution is 2.09. The van der Waals surface area contributed by atoms with Crippen LogP contribution in [-0.2, 0) is 0 Å². The molecule has 0 amide bonds. The Morgan fingerprint density at radius 3 is 2.67 bits per heavy atom. The van der Waals surface area contributed by atoms with Crippen LogP contribution in [0.2, 0.25) is 0 Å². The summed E-state index contributed by atoms with van der Waals surface area (Å²) in [6.07, 6.45) is 1.04. The SMILES string of the molecule is Cl.N=C(N)c1ncc(F)cc1I. The third-order valence-electron chi connectivity index (χ3n) is 1.06. The Bertz CT molecular complexity index is 305. The fraction of sp³-hybridized carbons (Fsp3) is 0. The van der Waals surface area contributed by atoms with Crippen LogP contribution in [0.25, 0.3) is 0 Å². The molecule has 0 atom stereocenters. The highest BCUT2D eigenvalue weighted by Gasteiger charge is 2.04. The van der Waals surface area contributed by atoms with Gasteiger partial charge in [-0.15, -0.1) is 12.4 Å². The number of hydrogen-bond donors (Lipinski definition) is 2. The van der Waals surface area contributed by atoms with Crippen molar-refractivity contribution in [3.8, 4) is 0 Å². The Balaban J connectivity index is 0.00000121. The lowest BCUT2D eigenvalue weighted by Crippen LogP contribution is -2.15. The molecule has 0 bridgehead atoms.